The van der Waals surface area contributed by atoms with E-state index in [4.69, 9.17) is 11.6 Å². The van der Waals surface area contributed by atoms with Crippen LogP contribution in [0.15, 0.2) is 60.7 Å². The maximum absolute atomic E-state index is 14.0. The molecule has 0 unspecified atom stereocenters. The Morgan fingerprint density at radius 2 is 1.36 bits per heavy atom. The predicted molar refractivity (Wildman–Crippen MR) is 104 cm³/mol. The number of nitro groups is 2. The topological polar surface area (TPSA) is 110 Å². The van der Waals surface area contributed by atoms with Crippen LogP contribution in [0, 0.1) is 26.0 Å². The molecule has 0 amide bonds. The van der Waals surface area contributed by atoms with Crippen LogP contribution in [0.3, 0.4) is 0 Å². The van der Waals surface area contributed by atoms with Gasteiger partial charge < -0.3 is 10.6 Å². The van der Waals surface area contributed by atoms with Crippen molar-refractivity contribution < 1.29 is 14.2 Å². The fraction of sp³-hybridized carbons (Fsp3) is 0. The minimum Gasteiger partial charge on any atom is -0.354 e. The number of hydrogen-bond acceptors (Lipinski definition) is 6. The molecule has 0 radical (unpaired) electrons. The maximum atomic E-state index is 14.0. The number of hydrogen-bond donors (Lipinski definition) is 2. The molecular formula is C18H12ClFN4O4. The van der Waals surface area contributed by atoms with E-state index in [0.29, 0.717) is 28.2 Å². The number of rotatable bonds is 6. The van der Waals surface area contributed by atoms with E-state index in [0.717, 1.165) is 6.07 Å². The monoisotopic (exact) mass is 402 g/mol. The van der Waals surface area contributed by atoms with Crippen LogP contribution in [0.5, 0.6) is 0 Å². The first kappa shape index (κ1) is 19.1. The summed E-state index contributed by atoms with van der Waals surface area (Å²) in [4.78, 5) is 20.3. The molecule has 0 saturated carbocycles. The van der Waals surface area contributed by atoms with Gasteiger partial charge in [-0.3, -0.25) is 20.2 Å². The fourth-order valence-corrected chi connectivity index (χ4v) is 2.60. The van der Waals surface area contributed by atoms with Crippen molar-refractivity contribution in [3.63, 3.8) is 0 Å². The molecule has 3 rings (SSSR count). The summed E-state index contributed by atoms with van der Waals surface area (Å²) in [5.74, 6) is -1.18. The quantitative estimate of drug-likeness (QED) is 0.399. The fourth-order valence-electron chi connectivity index (χ4n) is 2.48. The first-order chi connectivity index (χ1) is 13.3. The van der Waals surface area contributed by atoms with Crippen LogP contribution in [0.4, 0.5) is 38.5 Å². The molecule has 0 aliphatic rings. The number of halogens is 2. The molecule has 0 fully saturated rings. The lowest BCUT2D eigenvalue weighted by Gasteiger charge is -2.14. The molecule has 0 aliphatic heterocycles. The average Bonchev–Trinajstić information content (AvgIpc) is 2.64. The van der Waals surface area contributed by atoms with Gasteiger partial charge in [-0.15, -0.1) is 0 Å². The predicted octanol–water partition coefficient (Wildman–Crippen LogP) is 5.78. The van der Waals surface area contributed by atoms with Gasteiger partial charge in [0.05, 0.1) is 27.3 Å². The molecular weight excluding hydrogens is 391 g/mol. The first-order valence-electron chi connectivity index (χ1n) is 7.86. The van der Waals surface area contributed by atoms with Crippen molar-refractivity contribution in [2.45, 2.75) is 0 Å². The molecule has 0 atom stereocenters. The van der Waals surface area contributed by atoms with Gasteiger partial charge in [0.1, 0.15) is 5.69 Å². The zero-order valence-electron chi connectivity index (χ0n) is 14.1. The lowest BCUT2D eigenvalue weighted by Crippen LogP contribution is -2.03. The van der Waals surface area contributed by atoms with Crippen molar-refractivity contribution in [2.75, 3.05) is 10.6 Å². The highest BCUT2D eigenvalue weighted by Crippen LogP contribution is 2.36. The summed E-state index contributed by atoms with van der Waals surface area (Å²) in [7, 11) is 0. The molecule has 28 heavy (non-hydrogen) atoms. The number of benzene rings is 3. The van der Waals surface area contributed by atoms with Crippen molar-refractivity contribution in [1.29, 1.82) is 0 Å². The van der Waals surface area contributed by atoms with E-state index in [-0.39, 0.29) is 5.69 Å². The van der Waals surface area contributed by atoms with E-state index < -0.39 is 27.0 Å². The second kappa shape index (κ2) is 7.89. The highest BCUT2D eigenvalue weighted by atomic mass is 35.5. The molecule has 142 valence electrons. The van der Waals surface area contributed by atoms with Gasteiger partial charge in [-0.2, -0.15) is 4.39 Å². The lowest BCUT2D eigenvalue weighted by molar-refractivity contribution is -0.395. The number of nitrogens with zero attached hydrogens (tertiary/aromatic N) is 2. The van der Waals surface area contributed by atoms with Crippen LogP contribution in [0.1, 0.15) is 0 Å². The third kappa shape index (κ3) is 4.15. The zero-order valence-corrected chi connectivity index (χ0v) is 14.8. The number of anilines is 4. The van der Waals surface area contributed by atoms with E-state index in [1.807, 2.05) is 0 Å². The molecule has 10 heteroatoms. The number of nitro benzene ring substituents is 2. The van der Waals surface area contributed by atoms with E-state index in [1.54, 1.807) is 48.5 Å². The maximum Gasteiger partial charge on any atom is 0.311 e. The lowest BCUT2D eigenvalue weighted by atomic mass is 10.2. The molecule has 0 spiro atoms. The van der Waals surface area contributed by atoms with Crippen molar-refractivity contribution in [3.8, 4) is 0 Å². The van der Waals surface area contributed by atoms with E-state index in [9.17, 15) is 24.6 Å². The normalized spacial score (nSPS) is 10.4. The summed E-state index contributed by atoms with van der Waals surface area (Å²) >= 11 is 5.86. The Morgan fingerprint density at radius 1 is 0.786 bits per heavy atom. The van der Waals surface area contributed by atoms with Gasteiger partial charge in [-0.25, -0.2) is 0 Å². The molecule has 0 aliphatic carbocycles. The second-order valence-electron chi connectivity index (χ2n) is 5.64. The third-order valence-electron chi connectivity index (χ3n) is 3.78. The Kier molecular flexibility index (Phi) is 5.37. The molecule has 0 heterocycles. The molecule has 3 aromatic carbocycles. The Bertz CT molecular complexity index is 1060. The third-order valence-corrected chi connectivity index (χ3v) is 4.03. The van der Waals surface area contributed by atoms with Gasteiger partial charge in [-0.1, -0.05) is 23.7 Å². The SMILES string of the molecule is O=[N+]([O-])c1cc([N+](=O)[O-])c(Nc2ccccc2Nc2ccc(Cl)cc2)cc1F. The Labute approximate surface area is 162 Å². The zero-order chi connectivity index (χ0) is 20.3. The largest absolute Gasteiger partial charge is 0.354 e. The summed E-state index contributed by atoms with van der Waals surface area (Å²) in [6.45, 7) is 0. The van der Waals surface area contributed by atoms with Gasteiger partial charge in [0.15, 0.2) is 0 Å². The van der Waals surface area contributed by atoms with Gasteiger partial charge >= 0.3 is 5.69 Å². The van der Waals surface area contributed by atoms with Crippen molar-refractivity contribution in [3.05, 3.63) is 91.7 Å². The van der Waals surface area contributed by atoms with Gasteiger partial charge in [-0.05, 0) is 36.4 Å². The van der Waals surface area contributed by atoms with Crippen LogP contribution in [-0.4, -0.2) is 9.85 Å². The first-order valence-corrected chi connectivity index (χ1v) is 8.24. The minimum atomic E-state index is -1.18. The summed E-state index contributed by atoms with van der Waals surface area (Å²) in [5, 5.41) is 28.6. The minimum absolute atomic E-state index is 0.210. The summed E-state index contributed by atoms with van der Waals surface area (Å²) < 4.78 is 14.0. The van der Waals surface area contributed by atoms with E-state index in [2.05, 4.69) is 10.6 Å². The van der Waals surface area contributed by atoms with E-state index in [1.165, 1.54) is 0 Å². The van der Waals surface area contributed by atoms with Gasteiger partial charge in [0, 0.05) is 16.8 Å². The molecule has 0 bridgehead atoms. The Balaban J connectivity index is 1.98. The van der Waals surface area contributed by atoms with Crippen LogP contribution in [0.2, 0.25) is 5.02 Å². The summed E-state index contributed by atoms with van der Waals surface area (Å²) in [6, 6.07) is 15.0. The summed E-state index contributed by atoms with van der Waals surface area (Å²) in [6.07, 6.45) is 0. The number of nitrogens with one attached hydrogen (secondary N) is 2. The molecule has 2 N–H and O–H groups in total. The number of para-hydroxylation sites is 2. The van der Waals surface area contributed by atoms with Crippen LogP contribution in [0.25, 0.3) is 0 Å². The Hall–Kier alpha value is -3.72. The molecule has 0 saturated heterocycles. The summed E-state index contributed by atoms with van der Waals surface area (Å²) in [5.41, 5.74) is -0.118. The van der Waals surface area contributed by atoms with Crippen molar-refractivity contribution in [2.24, 2.45) is 0 Å². The standard InChI is InChI=1S/C18H12ClFN4O4/c19-11-5-7-12(8-6-11)21-14-3-1-2-4-15(14)22-16-9-13(20)17(23(25)26)10-18(16)24(27)28/h1-10,21-22H. The second-order valence-corrected chi connectivity index (χ2v) is 6.07. The molecule has 3 aromatic rings. The molecule has 0 aromatic heterocycles. The smallest absolute Gasteiger partial charge is 0.311 e. The average molecular weight is 403 g/mol. The van der Waals surface area contributed by atoms with Crippen LogP contribution in [-0.2, 0) is 0 Å². The van der Waals surface area contributed by atoms with Crippen LogP contribution < -0.4 is 10.6 Å². The Morgan fingerprint density at radius 3 is 1.93 bits per heavy atom. The van der Waals surface area contributed by atoms with Gasteiger partial charge in [0.25, 0.3) is 5.69 Å². The van der Waals surface area contributed by atoms with Gasteiger partial charge in [0.2, 0.25) is 5.82 Å². The van der Waals surface area contributed by atoms with Crippen molar-refractivity contribution in [1.82, 2.24) is 0 Å². The highest BCUT2D eigenvalue weighted by Gasteiger charge is 2.25. The van der Waals surface area contributed by atoms with Crippen LogP contribution >= 0.6 is 11.6 Å². The van der Waals surface area contributed by atoms with E-state index >= 15 is 0 Å². The molecule has 8 nitrogen and oxygen atoms in total. The highest BCUT2D eigenvalue weighted by molar-refractivity contribution is 6.30. The van der Waals surface area contributed by atoms with Crippen molar-refractivity contribution >= 4 is 45.7 Å².